The number of aliphatic hydroxyl groups excluding tert-OH is 1. The van der Waals surface area contributed by atoms with Crippen LogP contribution in [-0.4, -0.2) is 5.11 Å². The highest BCUT2D eigenvalue weighted by molar-refractivity contribution is 5.47. The van der Waals surface area contributed by atoms with Crippen LogP contribution in [0.5, 0.6) is 0 Å². The van der Waals surface area contributed by atoms with E-state index in [0.29, 0.717) is 18.4 Å². The van der Waals surface area contributed by atoms with Gasteiger partial charge in [-0.3, -0.25) is 0 Å². The van der Waals surface area contributed by atoms with Crippen LogP contribution in [0.15, 0.2) is 42.5 Å². The molecule has 2 unspecified atom stereocenters. The van der Waals surface area contributed by atoms with E-state index in [2.05, 4.69) is 6.07 Å². The van der Waals surface area contributed by atoms with Crippen molar-refractivity contribution in [2.75, 3.05) is 0 Å². The van der Waals surface area contributed by atoms with E-state index in [1.165, 1.54) is 12.1 Å². The van der Waals surface area contributed by atoms with Crippen LogP contribution in [-0.2, 0) is 11.8 Å². The molecule has 0 saturated heterocycles. The summed E-state index contributed by atoms with van der Waals surface area (Å²) in [6.07, 6.45) is -0.376. The third kappa shape index (κ3) is 1.93. The van der Waals surface area contributed by atoms with Crippen LogP contribution in [0.25, 0.3) is 0 Å². The number of aliphatic hydroxyl groups is 1. The van der Waals surface area contributed by atoms with Crippen molar-refractivity contribution in [3.05, 3.63) is 70.8 Å². The first-order valence-corrected chi connectivity index (χ1v) is 6.72. The van der Waals surface area contributed by atoms with Gasteiger partial charge in [0.25, 0.3) is 0 Å². The van der Waals surface area contributed by atoms with Crippen LogP contribution in [0.4, 0.5) is 8.78 Å². The van der Waals surface area contributed by atoms with Gasteiger partial charge in [0.1, 0.15) is 11.5 Å². The Hall–Kier alpha value is -2.25. The van der Waals surface area contributed by atoms with Crippen LogP contribution >= 0.6 is 0 Å². The summed E-state index contributed by atoms with van der Waals surface area (Å²) in [4.78, 5) is 0. The molecule has 0 bridgehead atoms. The predicted molar refractivity (Wildman–Crippen MR) is 73.4 cm³/mol. The van der Waals surface area contributed by atoms with Crippen LogP contribution < -0.4 is 0 Å². The molecule has 3 rings (SSSR count). The lowest BCUT2D eigenvalue weighted by Crippen LogP contribution is -2.30. The van der Waals surface area contributed by atoms with Crippen molar-refractivity contribution in [3.63, 3.8) is 0 Å². The minimum absolute atomic E-state index is 0.173. The molecule has 21 heavy (non-hydrogen) atoms. The van der Waals surface area contributed by atoms with E-state index in [4.69, 9.17) is 0 Å². The van der Waals surface area contributed by atoms with E-state index >= 15 is 0 Å². The molecule has 0 fully saturated rings. The molecule has 0 spiro atoms. The Kier molecular flexibility index (Phi) is 3.23. The number of fused-ring (bicyclic) bond motifs is 1. The van der Waals surface area contributed by atoms with Gasteiger partial charge in [-0.05, 0) is 30.0 Å². The van der Waals surface area contributed by atoms with E-state index < -0.39 is 23.2 Å². The van der Waals surface area contributed by atoms with Crippen LogP contribution in [0.2, 0.25) is 0 Å². The molecular formula is C17H13F2NO. The van der Waals surface area contributed by atoms with Crippen LogP contribution in [0.3, 0.4) is 0 Å². The fourth-order valence-corrected chi connectivity index (χ4v) is 3.10. The van der Waals surface area contributed by atoms with Crippen molar-refractivity contribution < 1.29 is 13.9 Å². The molecular weight excluding hydrogens is 272 g/mol. The lowest BCUT2D eigenvalue weighted by Gasteiger charge is -2.29. The molecule has 0 amide bonds. The van der Waals surface area contributed by atoms with Gasteiger partial charge in [-0.25, -0.2) is 8.78 Å². The largest absolute Gasteiger partial charge is 0.386 e. The van der Waals surface area contributed by atoms with E-state index in [1.807, 2.05) is 12.1 Å². The molecule has 0 aliphatic heterocycles. The van der Waals surface area contributed by atoms with Gasteiger partial charge in [0.15, 0.2) is 11.6 Å². The number of hydrogen-bond acceptors (Lipinski definition) is 2. The molecule has 2 aromatic carbocycles. The van der Waals surface area contributed by atoms with Crippen molar-refractivity contribution in [1.29, 1.82) is 5.26 Å². The van der Waals surface area contributed by atoms with Crippen molar-refractivity contribution >= 4 is 0 Å². The topological polar surface area (TPSA) is 44.0 Å². The maximum atomic E-state index is 13.9. The number of nitrogens with zero attached hydrogens (tertiary/aromatic N) is 1. The minimum atomic E-state index is -1.40. The zero-order chi connectivity index (χ0) is 15.0. The van der Waals surface area contributed by atoms with Crippen LogP contribution in [0, 0.1) is 23.0 Å². The van der Waals surface area contributed by atoms with Gasteiger partial charge in [0.05, 0.1) is 6.07 Å². The molecule has 4 heteroatoms. The molecule has 1 N–H and O–H groups in total. The number of hydrogen-bond donors (Lipinski definition) is 1. The molecule has 106 valence electrons. The summed E-state index contributed by atoms with van der Waals surface area (Å²) in [5.74, 6) is -2.12. The maximum absolute atomic E-state index is 13.9. The first-order valence-electron chi connectivity index (χ1n) is 6.72. The molecule has 1 aliphatic carbocycles. The Morgan fingerprint density at radius 3 is 2.67 bits per heavy atom. The highest BCUT2D eigenvalue weighted by Gasteiger charge is 2.46. The lowest BCUT2D eigenvalue weighted by atomic mass is 9.75. The van der Waals surface area contributed by atoms with Crippen molar-refractivity contribution in [2.45, 2.75) is 24.4 Å². The molecule has 0 heterocycles. The number of aryl methyl sites for hydroxylation is 1. The highest BCUT2D eigenvalue weighted by atomic mass is 19.2. The molecule has 2 atom stereocenters. The van der Waals surface area contributed by atoms with Gasteiger partial charge >= 0.3 is 0 Å². The fourth-order valence-electron chi connectivity index (χ4n) is 3.10. The molecule has 0 aromatic heterocycles. The Bertz CT molecular complexity index is 738. The SMILES string of the molecule is N#CC1(C(O)c2cccc(F)c2F)CCc2ccccc21. The second-order valence-electron chi connectivity index (χ2n) is 5.29. The second-order valence-corrected chi connectivity index (χ2v) is 5.29. The number of halogens is 2. The van der Waals surface area contributed by atoms with Crippen molar-refractivity contribution in [2.24, 2.45) is 0 Å². The first kappa shape index (κ1) is 13.7. The third-order valence-corrected chi connectivity index (χ3v) is 4.23. The zero-order valence-corrected chi connectivity index (χ0v) is 11.2. The van der Waals surface area contributed by atoms with Gasteiger partial charge in [-0.15, -0.1) is 0 Å². The normalized spacial score (nSPS) is 21.6. The smallest absolute Gasteiger partial charge is 0.164 e. The molecule has 0 radical (unpaired) electrons. The van der Waals surface area contributed by atoms with Crippen LogP contribution in [0.1, 0.15) is 29.2 Å². The average Bonchev–Trinajstić information content (AvgIpc) is 2.89. The Morgan fingerprint density at radius 2 is 1.90 bits per heavy atom. The number of rotatable bonds is 2. The Morgan fingerprint density at radius 1 is 1.14 bits per heavy atom. The second kappa shape index (κ2) is 4.94. The summed E-state index contributed by atoms with van der Waals surface area (Å²) in [7, 11) is 0. The van der Waals surface area contributed by atoms with Gasteiger partial charge in [-0.1, -0.05) is 36.4 Å². The molecule has 2 aromatic rings. The van der Waals surface area contributed by atoms with E-state index in [9.17, 15) is 19.1 Å². The lowest BCUT2D eigenvalue weighted by molar-refractivity contribution is 0.106. The monoisotopic (exact) mass is 285 g/mol. The first-order chi connectivity index (χ1) is 10.1. The quantitative estimate of drug-likeness (QED) is 0.919. The van der Waals surface area contributed by atoms with Gasteiger partial charge in [-0.2, -0.15) is 5.26 Å². The van der Waals surface area contributed by atoms with E-state index in [1.54, 1.807) is 12.1 Å². The Balaban J connectivity index is 2.14. The average molecular weight is 285 g/mol. The van der Waals surface area contributed by atoms with E-state index in [0.717, 1.165) is 11.6 Å². The van der Waals surface area contributed by atoms with E-state index in [-0.39, 0.29) is 5.56 Å². The molecule has 1 aliphatic rings. The fraction of sp³-hybridized carbons (Fsp3) is 0.235. The summed E-state index contributed by atoms with van der Waals surface area (Å²) in [5.41, 5.74) is 0.262. The minimum Gasteiger partial charge on any atom is -0.386 e. The summed E-state index contributed by atoms with van der Waals surface area (Å²) in [6.45, 7) is 0. The number of nitriles is 1. The maximum Gasteiger partial charge on any atom is 0.164 e. The van der Waals surface area contributed by atoms with Crippen molar-refractivity contribution in [1.82, 2.24) is 0 Å². The summed E-state index contributed by atoms with van der Waals surface area (Å²) in [6, 6.07) is 13.1. The standard InChI is InChI=1S/C17H13F2NO/c18-14-7-3-5-12(15(14)19)16(21)17(10-20)9-8-11-4-1-2-6-13(11)17/h1-7,16,21H,8-9H2. The van der Waals surface area contributed by atoms with Gasteiger partial charge < -0.3 is 5.11 Å². The predicted octanol–water partition coefficient (Wildman–Crippen LogP) is 3.41. The third-order valence-electron chi connectivity index (χ3n) is 4.23. The summed E-state index contributed by atoms with van der Waals surface area (Å²) in [5, 5.41) is 20.2. The summed E-state index contributed by atoms with van der Waals surface area (Å²) < 4.78 is 27.3. The van der Waals surface area contributed by atoms with Gasteiger partial charge in [0.2, 0.25) is 0 Å². The molecule has 0 saturated carbocycles. The molecule has 2 nitrogen and oxygen atoms in total. The zero-order valence-electron chi connectivity index (χ0n) is 11.2. The van der Waals surface area contributed by atoms with Crippen molar-refractivity contribution in [3.8, 4) is 6.07 Å². The highest BCUT2D eigenvalue weighted by Crippen LogP contribution is 2.47. The summed E-state index contributed by atoms with van der Waals surface area (Å²) >= 11 is 0. The van der Waals surface area contributed by atoms with Gasteiger partial charge in [0, 0.05) is 5.56 Å². The number of benzene rings is 2. The Labute approximate surface area is 121 Å².